The molecule has 0 aliphatic rings. The minimum Gasteiger partial charge on any atom is -0.486 e. The number of amides is 1. The summed E-state index contributed by atoms with van der Waals surface area (Å²) in [5, 5.41) is 5.08. The van der Waals surface area contributed by atoms with Crippen LogP contribution in [0.25, 0.3) is 16.6 Å². The Kier molecular flexibility index (Phi) is 5.74. The van der Waals surface area contributed by atoms with Gasteiger partial charge in [0.1, 0.15) is 18.1 Å². The molecular formula is C27H24N4O3. The normalized spacial score (nSPS) is 11.4. The fourth-order valence-electron chi connectivity index (χ4n) is 3.92. The number of aryl methyl sites for hydroxylation is 2. The van der Waals surface area contributed by atoms with E-state index in [9.17, 15) is 4.79 Å². The third kappa shape index (κ3) is 4.36. The van der Waals surface area contributed by atoms with Gasteiger partial charge in [-0.3, -0.25) is 4.79 Å². The van der Waals surface area contributed by atoms with Crippen molar-refractivity contribution >= 4 is 23.0 Å². The molecule has 0 saturated carbocycles. The molecule has 34 heavy (non-hydrogen) atoms. The van der Waals surface area contributed by atoms with Gasteiger partial charge in [0, 0.05) is 39.7 Å². The third-order valence-corrected chi connectivity index (χ3v) is 5.62. The molecule has 2 aromatic carbocycles. The molecule has 0 aliphatic heterocycles. The maximum atomic E-state index is 12.4. The molecule has 7 nitrogen and oxygen atoms in total. The molecule has 0 fully saturated rings. The van der Waals surface area contributed by atoms with Crippen molar-refractivity contribution in [1.82, 2.24) is 15.0 Å². The molecule has 7 heteroatoms. The number of aromatic amines is 1. The van der Waals surface area contributed by atoms with Crippen LogP contribution >= 0.6 is 0 Å². The van der Waals surface area contributed by atoms with Gasteiger partial charge in [-0.05, 0) is 68.4 Å². The summed E-state index contributed by atoms with van der Waals surface area (Å²) in [5.41, 5.74) is 7.83. The predicted octanol–water partition coefficient (Wildman–Crippen LogP) is 5.51. The van der Waals surface area contributed by atoms with Crippen LogP contribution in [-0.4, -0.2) is 21.7 Å². The van der Waals surface area contributed by atoms with Crippen molar-refractivity contribution in [3.8, 4) is 11.4 Å². The summed E-state index contributed by atoms with van der Waals surface area (Å²) in [5.74, 6) is 1.01. The molecule has 0 bridgehead atoms. The van der Waals surface area contributed by atoms with Gasteiger partial charge < -0.3 is 18.7 Å². The van der Waals surface area contributed by atoms with Crippen LogP contribution in [0.3, 0.4) is 0 Å². The van der Waals surface area contributed by atoms with Crippen molar-refractivity contribution in [3.63, 3.8) is 0 Å². The number of aromatic nitrogens is 2. The van der Waals surface area contributed by atoms with Crippen LogP contribution in [-0.2, 0) is 6.61 Å². The molecule has 0 saturated heterocycles. The van der Waals surface area contributed by atoms with Gasteiger partial charge in [-0.25, -0.2) is 5.43 Å². The Morgan fingerprint density at radius 1 is 1.03 bits per heavy atom. The summed E-state index contributed by atoms with van der Waals surface area (Å²) in [7, 11) is 0. The van der Waals surface area contributed by atoms with Crippen molar-refractivity contribution in [2.45, 2.75) is 20.5 Å². The van der Waals surface area contributed by atoms with Crippen LogP contribution in [0.2, 0.25) is 0 Å². The number of furan rings is 1. The van der Waals surface area contributed by atoms with E-state index in [1.165, 1.54) is 11.4 Å². The summed E-state index contributed by atoms with van der Waals surface area (Å²) in [6, 6.07) is 23.3. The zero-order valence-electron chi connectivity index (χ0n) is 18.9. The molecule has 5 aromatic rings. The summed E-state index contributed by atoms with van der Waals surface area (Å²) in [6.45, 7) is 4.37. The zero-order valence-corrected chi connectivity index (χ0v) is 18.9. The number of hydrazone groups is 1. The van der Waals surface area contributed by atoms with E-state index in [0.717, 1.165) is 27.9 Å². The number of carbonyl (C=O) groups is 1. The van der Waals surface area contributed by atoms with Gasteiger partial charge in [0.2, 0.25) is 0 Å². The number of ether oxygens (including phenoxy) is 1. The lowest BCUT2D eigenvalue weighted by atomic mass is 10.2. The van der Waals surface area contributed by atoms with Crippen LogP contribution in [0, 0.1) is 13.8 Å². The average molecular weight is 453 g/mol. The Hall–Kier alpha value is -4.52. The Bertz CT molecular complexity index is 1450. The van der Waals surface area contributed by atoms with Crippen molar-refractivity contribution in [2.24, 2.45) is 5.10 Å². The fraction of sp³-hybridized carbons (Fsp3) is 0.111. The van der Waals surface area contributed by atoms with Crippen LogP contribution in [0.1, 0.15) is 33.3 Å². The van der Waals surface area contributed by atoms with Crippen molar-refractivity contribution in [1.29, 1.82) is 0 Å². The van der Waals surface area contributed by atoms with E-state index in [1.807, 2.05) is 54.7 Å². The number of rotatable bonds is 7. The zero-order chi connectivity index (χ0) is 23.5. The highest BCUT2D eigenvalue weighted by molar-refractivity contribution is 5.99. The maximum absolute atomic E-state index is 12.4. The average Bonchev–Trinajstić information content (AvgIpc) is 3.57. The highest BCUT2D eigenvalue weighted by Crippen LogP contribution is 2.21. The van der Waals surface area contributed by atoms with Crippen LogP contribution in [0.5, 0.6) is 5.75 Å². The lowest BCUT2D eigenvalue weighted by Gasteiger charge is -2.10. The summed E-state index contributed by atoms with van der Waals surface area (Å²) in [6.07, 6.45) is 3.44. The number of nitrogens with one attached hydrogen (secondary N) is 2. The van der Waals surface area contributed by atoms with Gasteiger partial charge in [-0.1, -0.05) is 18.2 Å². The van der Waals surface area contributed by atoms with Crippen molar-refractivity contribution in [2.75, 3.05) is 0 Å². The first-order chi connectivity index (χ1) is 16.6. The number of hydrogen-bond acceptors (Lipinski definition) is 4. The van der Waals surface area contributed by atoms with Gasteiger partial charge in [-0.15, -0.1) is 0 Å². The molecule has 170 valence electrons. The number of fused-ring (bicyclic) bond motifs is 1. The van der Waals surface area contributed by atoms with Gasteiger partial charge in [-0.2, -0.15) is 5.10 Å². The van der Waals surface area contributed by atoms with Crippen LogP contribution < -0.4 is 10.2 Å². The summed E-state index contributed by atoms with van der Waals surface area (Å²) < 4.78 is 13.6. The smallest absolute Gasteiger partial charge is 0.307 e. The molecule has 0 aliphatic carbocycles. The molecule has 0 atom stereocenters. The van der Waals surface area contributed by atoms with E-state index in [1.54, 1.807) is 18.3 Å². The summed E-state index contributed by atoms with van der Waals surface area (Å²) in [4.78, 5) is 15.5. The Labute approximate surface area is 196 Å². The van der Waals surface area contributed by atoms with E-state index in [2.05, 4.69) is 46.1 Å². The van der Waals surface area contributed by atoms with Crippen LogP contribution in [0.15, 0.2) is 88.5 Å². The van der Waals surface area contributed by atoms with Gasteiger partial charge in [0.15, 0.2) is 5.76 Å². The van der Waals surface area contributed by atoms with Crippen molar-refractivity contribution < 1.29 is 13.9 Å². The number of nitrogens with zero attached hydrogens (tertiary/aromatic N) is 2. The number of carbonyl (C=O) groups excluding carboxylic acids is 1. The summed E-state index contributed by atoms with van der Waals surface area (Å²) >= 11 is 0. The lowest BCUT2D eigenvalue weighted by molar-refractivity contribution is 0.0923. The first kappa shape index (κ1) is 21.3. The number of H-pyrrole nitrogens is 1. The highest BCUT2D eigenvalue weighted by atomic mass is 16.5. The largest absolute Gasteiger partial charge is 0.486 e. The minimum absolute atomic E-state index is 0.170. The topological polar surface area (TPSA) is 84.5 Å². The van der Waals surface area contributed by atoms with Gasteiger partial charge in [0.05, 0.1) is 6.21 Å². The number of hydrogen-bond donors (Lipinski definition) is 2. The molecular weight excluding hydrogens is 428 g/mol. The van der Waals surface area contributed by atoms with E-state index in [0.29, 0.717) is 5.76 Å². The fourth-order valence-corrected chi connectivity index (χ4v) is 3.92. The van der Waals surface area contributed by atoms with E-state index >= 15 is 0 Å². The maximum Gasteiger partial charge on any atom is 0.307 e. The second-order valence-electron chi connectivity index (χ2n) is 7.99. The lowest BCUT2D eigenvalue weighted by Crippen LogP contribution is -2.16. The quantitative estimate of drug-likeness (QED) is 0.252. The monoisotopic (exact) mass is 452 g/mol. The second-order valence-corrected chi connectivity index (χ2v) is 7.99. The molecule has 3 heterocycles. The minimum atomic E-state index is -0.427. The van der Waals surface area contributed by atoms with E-state index in [-0.39, 0.29) is 12.4 Å². The molecule has 2 N–H and O–H groups in total. The first-order valence-corrected chi connectivity index (χ1v) is 10.9. The predicted molar refractivity (Wildman–Crippen MR) is 132 cm³/mol. The number of benzene rings is 2. The van der Waals surface area contributed by atoms with Gasteiger partial charge >= 0.3 is 5.91 Å². The van der Waals surface area contributed by atoms with E-state index in [4.69, 9.17) is 9.15 Å². The molecule has 1 amide bonds. The molecule has 3 aromatic heterocycles. The highest BCUT2D eigenvalue weighted by Gasteiger charge is 2.11. The first-order valence-electron chi connectivity index (χ1n) is 10.9. The molecule has 0 radical (unpaired) electrons. The van der Waals surface area contributed by atoms with Crippen molar-refractivity contribution in [3.05, 3.63) is 107 Å². The Balaban J connectivity index is 1.17. The van der Waals surface area contributed by atoms with Gasteiger partial charge in [0.25, 0.3) is 0 Å². The molecule has 5 rings (SSSR count). The van der Waals surface area contributed by atoms with Crippen LogP contribution in [0.4, 0.5) is 0 Å². The Morgan fingerprint density at radius 2 is 1.79 bits per heavy atom. The number of para-hydroxylation sites is 1. The Morgan fingerprint density at radius 3 is 2.59 bits per heavy atom. The second kappa shape index (κ2) is 9.15. The molecule has 0 unspecified atom stereocenters. The third-order valence-electron chi connectivity index (χ3n) is 5.62. The SMILES string of the molecule is Cc1ccc(C)n1-c1ccc(OCc2ccc(C(=O)NN=Cc3c[nH]c4ccccc34)o2)cc1. The standard InChI is InChI=1S/C27H24N4O3/c1-18-7-8-19(2)31(18)21-9-11-22(12-10-21)33-17-23-13-14-26(34-23)27(32)30-29-16-20-15-28-25-6-4-3-5-24(20)25/h3-16,28H,17H2,1-2H3,(H,30,32). The molecule has 0 spiro atoms. The van der Waals surface area contributed by atoms with E-state index < -0.39 is 5.91 Å².